The van der Waals surface area contributed by atoms with Crippen LogP contribution in [-0.2, 0) is 16.4 Å². The van der Waals surface area contributed by atoms with Crippen LogP contribution in [0.4, 0.5) is 5.69 Å². The summed E-state index contributed by atoms with van der Waals surface area (Å²) in [5.74, 6) is -0.0634. The fourth-order valence-electron chi connectivity index (χ4n) is 3.00. The van der Waals surface area contributed by atoms with Crippen LogP contribution in [0.2, 0.25) is 5.02 Å². The molecule has 1 heterocycles. The summed E-state index contributed by atoms with van der Waals surface area (Å²) in [6.07, 6.45) is 2.18. The lowest BCUT2D eigenvalue weighted by molar-refractivity contribution is 0.0954. The molecule has 1 N–H and O–H groups in total. The number of sulfonamides is 1. The zero-order valence-electron chi connectivity index (χ0n) is 14.3. The second-order valence-corrected chi connectivity index (χ2v) is 8.73. The Bertz CT molecular complexity index is 899. The Morgan fingerprint density at radius 1 is 1.12 bits per heavy atom. The minimum atomic E-state index is -3.29. The first-order valence-corrected chi connectivity index (χ1v) is 10.6. The van der Waals surface area contributed by atoms with E-state index in [-0.39, 0.29) is 11.7 Å². The van der Waals surface area contributed by atoms with Crippen molar-refractivity contribution in [3.05, 3.63) is 64.7 Å². The van der Waals surface area contributed by atoms with Crippen molar-refractivity contribution in [3.63, 3.8) is 0 Å². The van der Waals surface area contributed by atoms with Crippen molar-refractivity contribution in [2.24, 2.45) is 0 Å². The van der Waals surface area contributed by atoms with Gasteiger partial charge in [-0.25, -0.2) is 8.42 Å². The maximum absolute atomic E-state index is 12.4. The van der Waals surface area contributed by atoms with Gasteiger partial charge in [0.25, 0.3) is 5.91 Å². The summed E-state index contributed by atoms with van der Waals surface area (Å²) in [7, 11) is -3.29. The maximum atomic E-state index is 12.4. The van der Waals surface area contributed by atoms with E-state index < -0.39 is 10.0 Å². The fraction of sp³-hybridized carbons (Fsp3) is 0.316. The first-order chi connectivity index (χ1) is 12.5. The molecule has 7 heteroatoms. The lowest BCUT2D eigenvalue weighted by atomic mass is 10.1. The summed E-state index contributed by atoms with van der Waals surface area (Å²) in [5, 5.41) is 3.54. The standard InChI is InChI=1S/C19H21ClN2O3S/c20-17-7-3-5-15(13-17)9-10-21-19(23)16-6-4-8-18(14-16)22-11-1-2-12-26(22,24)25/h3-8,13-14H,1-2,9-12H2,(H,21,23). The summed E-state index contributed by atoms with van der Waals surface area (Å²) in [6, 6.07) is 14.3. The minimum Gasteiger partial charge on any atom is -0.352 e. The molecule has 0 spiro atoms. The van der Waals surface area contributed by atoms with Gasteiger partial charge < -0.3 is 5.32 Å². The molecule has 0 aromatic heterocycles. The van der Waals surface area contributed by atoms with Gasteiger partial charge in [-0.1, -0.05) is 29.8 Å². The van der Waals surface area contributed by atoms with Gasteiger partial charge in [-0.2, -0.15) is 0 Å². The zero-order valence-corrected chi connectivity index (χ0v) is 15.9. The van der Waals surface area contributed by atoms with Crippen molar-refractivity contribution in [1.29, 1.82) is 0 Å². The van der Waals surface area contributed by atoms with Crippen LogP contribution >= 0.6 is 11.6 Å². The molecule has 1 aliphatic heterocycles. The number of benzene rings is 2. The Morgan fingerprint density at radius 3 is 2.69 bits per heavy atom. The van der Waals surface area contributed by atoms with Crippen LogP contribution in [0.1, 0.15) is 28.8 Å². The van der Waals surface area contributed by atoms with E-state index in [9.17, 15) is 13.2 Å². The van der Waals surface area contributed by atoms with Gasteiger partial charge in [0, 0.05) is 23.7 Å². The van der Waals surface area contributed by atoms with Crippen LogP contribution in [0.3, 0.4) is 0 Å². The Labute approximate surface area is 159 Å². The average molecular weight is 393 g/mol. The molecule has 26 heavy (non-hydrogen) atoms. The number of carbonyl (C=O) groups excluding carboxylic acids is 1. The molecule has 2 aromatic rings. The number of hydrogen-bond donors (Lipinski definition) is 1. The number of nitrogens with zero attached hydrogens (tertiary/aromatic N) is 1. The predicted octanol–water partition coefficient (Wildman–Crippen LogP) is 3.24. The van der Waals surface area contributed by atoms with Crippen molar-refractivity contribution in [2.75, 3.05) is 23.1 Å². The highest BCUT2D eigenvalue weighted by molar-refractivity contribution is 7.92. The first kappa shape index (κ1) is 18.7. The summed E-state index contributed by atoms with van der Waals surface area (Å²) in [5.41, 5.74) is 2.05. The normalized spacial score (nSPS) is 16.3. The van der Waals surface area contributed by atoms with Gasteiger partial charge in [0.05, 0.1) is 11.4 Å². The van der Waals surface area contributed by atoms with E-state index in [1.807, 2.05) is 24.3 Å². The van der Waals surface area contributed by atoms with E-state index in [1.165, 1.54) is 4.31 Å². The molecule has 1 amide bonds. The largest absolute Gasteiger partial charge is 0.352 e. The van der Waals surface area contributed by atoms with Gasteiger partial charge in [0.2, 0.25) is 10.0 Å². The van der Waals surface area contributed by atoms with E-state index in [1.54, 1.807) is 24.3 Å². The number of anilines is 1. The van der Waals surface area contributed by atoms with Gasteiger partial charge in [0.15, 0.2) is 0 Å². The lowest BCUT2D eigenvalue weighted by Gasteiger charge is -2.28. The average Bonchev–Trinajstić information content (AvgIpc) is 2.61. The van der Waals surface area contributed by atoms with E-state index in [4.69, 9.17) is 11.6 Å². The SMILES string of the molecule is O=C(NCCc1cccc(Cl)c1)c1cccc(N2CCCCS2(=O)=O)c1. The van der Waals surface area contributed by atoms with Crippen LogP contribution in [0.5, 0.6) is 0 Å². The molecule has 1 saturated heterocycles. The third-order valence-electron chi connectivity index (χ3n) is 4.33. The topological polar surface area (TPSA) is 66.5 Å². The van der Waals surface area contributed by atoms with E-state index >= 15 is 0 Å². The Kier molecular flexibility index (Phi) is 5.84. The van der Waals surface area contributed by atoms with Gasteiger partial charge in [-0.05, 0) is 55.2 Å². The number of amides is 1. The first-order valence-electron chi connectivity index (χ1n) is 8.59. The highest BCUT2D eigenvalue weighted by Crippen LogP contribution is 2.24. The molecule has 0 saturated carbocycles. The summed E-state index contributed by atoms with van der Waals surface area (Å²) < 4.78 is 25.9. The van der Waals surface area contributed by atoms with Crippen LogP contribution in [0.15, 0.2) is 48.5 Å². The molecule has 0 bridgehead atoms. The van der Waals surface area contributed by atoms with Crippen molar-refractivity contribution in [3.8, 4) is 0 Å². The Morgan fingerprint density at radius 2 is 1.92 bits per heavy atom. The van der Waals surface area contributed by atoms with Crippen LogP contribution in [0.25, 0.3) is 0 Å². The zero-order chi connectivity index (χ0) is 18.6. The van der Waals surface area contributed by atoms with Crippen molar-refractivity contribution >= 4 is 33.2 Å². The molecule has 2 aromatic carbocycles. The summed E-state index contributed by atoms with van der Waals surface area (Å²) >= 11 is 5.96. The van der Waals surface area contributed by atoms with Crippen molar-refractivity contribution < 1.29 is 13.2 Å². The van der Waals surface area contributed by atoms with Crippen LogP contribution in [-0.4, -0.2) is 33.2 Å². The number of rotatable bonds is 5. The molecule has 0 radical (unpaired) electrons. The summed E-state index contributed by atoms with van der Waals surface area (Å²) in [4.78, 5) is 12.4. The van der Waals surface area contributed by atoms with Crippen molar-refractivity contribution in [2.45, 2.75) is 19.3 Å². The Hall–Kier alpha value is -2.05. The van der Waals surface area contributed by atoms with Crippen LogP contribution < -0.4 is 9.62 Å². The van der Waals surface area contributed by atoms with Gasteiger partial charge in [0.1, 0.15) is 0 Å². The molecule has 0 unspecified atom stereocenters. The highest BCUT2D eigenvalue weighted by atomic mass is 35.5. The second kappa shape index (κ2) is 8.10. The number of nitrogens with one attached hydrogen (secondary N) is 1. The molecular weight excluding hydrogens is 372 g/mol. The monoisotopic (exact) mass is 392 g/mol. The maximum Gasteiger partial charge on any atom is 0.251 e. The van der Waals surface area contributed by atoms with Gasteiger partial charge in [-0.15, -0.1) is 0 Å². The minimum absolute atomic E-state index is 0.156. The molecule has 1 aliphatic rings. The summed E-state index contributed by atoms with van der Waals surface area (Å²) in [6.45, 7) is 0.938. The smallest absolute Gasteiger partial charge is 0.251 e. The molecule has 5 nitrogen and oxygen atoms in total. The van der Waals surface area contributed by atoms with E-state index in [0.29, 0.717) is 42.2 Å². The second-order valence-electron chi connectivity index (χ2n) is 6.28. The van der Waals surface area contributed by atoms with Crippen LogP contribution in [0, 0.1) is 0 Å². The van der Waals surface area contributed by atoms with E-state index in [2.05, 4.69) is 5.32 Å². The molecule has 1 fully saturated rings. The molecule has 0 atom stereocenters. The molecule has 3 rings (SSSR count). The molecule has 0 aliphatic carbocycles. The number of hydrogen-bond acceptors (Lipinski definition) is 3. The third kappa shape index (κ3) is 4.56. The van der Waals surface area contributed by atoms with Crippen molar-refractivity contribution in [1.82, 2.24) is 5.32 Å². The fourth-order valence-corrected chi connectivity index (χ4v) is 4.84. The number of carbonyl (C=O) groups is 1. The van der Waals surface area contributed by atoms with Gasteiger partial charge in [-0.3, -0.25) is 9.10 Å². The highest BCUT2D eigenvalue weighted by Gasteiger charge is 2.26. The quantitative estimate of drug-likeness (QED) is 0.849. The number of halogens is 1. The third-order valence-corrected chi connectivity index (χ3v) is 6.44. The Balaban J connectivity index is 1.65. The molecule has 138 valence electrons. The van der Waals surface area contributed by atoms with E-state index in [0.717, 1.165) is 12.0 Å². The predicted molar refractivity (Wildman–Crippen MR) is 104 cm³/mol. The molecular formula is C19H21ClN2O3S. The van der Waals surface area contributed by atoms with Gasteiger partial charge >= 0.3 is 0 Å². The lowest BCUT2D eigenvalue weighted by Crippen LogP contribution is -2.38.